The van der Waals surface area contributed by atoms with E-state index in [1.54, 1.807) is 27.2 Å². The molecule has 4 aromatic heterocycles. The van der Waals surface area contributed by atoms with Crippen molar-refractivity contribution in [2.75, 3.05) is 5.32 Å². The molecule has 3 N–H and O–H groups in total. The molecule has 32 heavy (non-hydrogen) atoms. The van der Waals surface area contributed by atoms with Crippen LogP contribution in [-0.4, -0.2) is 36.4 Å². The van der Waals surface area contributed by atoms with Crippen LogP contribution in [-0.2, 0) is 20.3 Å². The van der Waals surface area contributed by atoms with Crippen LogP contribution in [0.1, 0.15) is 31.5 Å². The van der Waals surface area contributed by atoms with Crippen molar-refractivity contribution in [3.05, 3.63) is 46.5 Å². The molecule has 4 aromatic rings. The lowest BCUT2D eigenvalue weighted by Gasteiger charge is -2.12. The van der Waals surface area contributed by atoms with Crippen molar-refractivity contribution in [2.45, 2.75) is 13.1 Å². The van der Waals surface area contributed by atoms with E-state index >= 15 is 0 Å². The first-order valence-electron chi connectivity index (χ1n) is 9.12. The second-order valence-electron chi connectivity index (χ2n) is 7.00. The van der Waals surface area contributed by atoms with Crippen molar-refractivity contribution in [2.24, 2.45) is 19.8 Å². The van der Waals surface area contributed by atoms with Crippen molar-refractivity contribution in [3.8, 4) is 11.1 Å². The number of aromatic nitrogens is 5. The Morgan fingerprint density at radius 1 is 1.22 bits per heavy atom. The Morgan fingerprint density at radius 3 is 2.47 bits per heavy atom. The molecule has 0 atom stereocenters. The molecule has 0 saturated heterocycles. The van der Waals surface area contributed by atoms with Gasteiger partial charge in [0.05, 0.1) is 11.9 Å². The fourth-order valence-corrected chi connectivity index (χ4v) is 4.23. The molecule has 0 unspecified atom stereocenters. The number of fused-ring (bicyclic) bond motifs is 1. The minimum Gasteiger partial charge on any atom is -0.365 e. The normalized spacial score (nSPS) is 11.8. The van der Waals surface area contributed by atoms with Gasteiger partial charge in [-0.25, -0.2) is 4.98 Å². The number of nitrogens with two attached hydrogens (primary N) is 1. The topological polar surface area (TPSA) is 121 Å². The predicted molar refractivity (Wildman–Crippen MR) is 111 cm³/mol. The van der Waals surface area contributed by atoms with E-state index in [9.17, 15) is 22.8 Å². The fraction of sp³-hybridized carbons (Fsp3) is 0.211. The average molecular weight is 463 g/mol. The Morgan fingerprint density at radius 2 is 1.94 bits per heavy atom. The number of amides is 2. The van der Waals surface area contributed by atoms with Crippen LogP contribution >= 0.6 is 11.3 Å². The van der Waals surface area contributed by atoms with Crippen molar-refractivity contribution in [1.82, 2.24) is 24.5 Å². The van der Waals surface area contributed by atoms with E-state index in [-0.39, 0.29) is 32.0 Å². The fourth-order valence-electron chi connectivity index (χ4n) is 3.23. The summed E-state index contributed by atoms with van der Waals surface area (Å²) in [5.41, 5.74) is 5.47. The number of aryl methyl sites for hydroxylation is 2. The number of halogens is 3. The Bertz CT molecular complexity index is 1380. The molecule has 2 amide bonds. The molecule has 0 aliphatic rings. The molecule has 0 radical (unpaired) electrons. The number of carbonyl (C=O) groups excluding carboxylic acids is 2. The van der Waals surface area contributed by atoms with Gasteiger partial charge >= 0.3 is 6.18 Å². The maximum absolute atomic E-state index is 13.6. The molecular formula is C19H16F3N7O2S. The highest BCUT2D eigenvalue weighted by Gasteiger charge is 2.35. The third-order valence-electron chi connectivity index (χ3n) is 4.89. The number of primary amides is 1. The average Bonchev–Trinajstić information content (AvgIpc) is 3.39. The molecule has 13 heteroatoms. The Balaban J connectivity index is 2.02. The molecule has 166 valence electrons. The minimum atomic E-state index is -4.73. The van der Waals surface area contributed by atoms with Crippen LogP contribution in [0.2, 0.25) is 0 Å². The first-order valence-corrected chi connectivity index (χ1v) is 9.93. The lowest BCUT2D eigenvalue weighted by atomic mass is 10.0. The van der Waals surface area contributed by atoms with E-state index in [0.717, 1.165) is 6.07 Å². The van der Waals surface area contributed by atoms with Gasteiger partial charge in [0.1, 0.15) is 15.4 Å². The molecule has 0 spiro atoms. The van der Waals surface area contributed by atoms with Gasteiger partial charge in [-0.05, 0) is 24.6 Å². The van der Waals surface area contributed by atoms with Crippen LogP contribution < -0.4 is 11.1 Å². The third-order valence-corrected chi connectivity index (χ3v) is 5.98. The second kappa shape index (κ2) is 7.44. The number of hydrogen-bond acceptors (Lipinski definition) is 6. The van der Waals surface area contributed by atoms with Gasteiger partial charge in [-0.2, -0.15) is 23.4 Å². The quantitative estimate of drug-likeness (QED) is 0.482. The first kappa shape index (κ1) is 21.5. The summed E-state index contributed by atoms with van der Waals surface area (Å²) in [6, 6.07) is 2.33. The maximum atomic E-state index is 13.6. The summed E-state index contributed by atoms with van der Waals surface area (Å²) in [7, 11) is 3.27. The van der Waals surface area contributed by atoms with E-state index in [1.165, 1.54) is 21.6 Å². The predicted octanol–water partition coefficient (Wildman–Crippen LogP) is 3.11. The number of rotatable bonds is 4. The van der Waals surface area contributed by atoms with Gasteiger partial charge in [-0.1, -0.05) is 0 Å². The number of nitrogens with one attached hydrogen (secondary N) is 1. The summed E-state index contributed by atoms with van der Waals surface area (Å²) in [6.07, 6.45) is -1.76. The number of nitrogens with zero attached hydrogens (tertiary/aromatic N) is 5. The molecular weight excluding hydrogens is 447 g/mol. The largest absolute Gasteiger partial charge is 0.433 e. The zero-order chi connectivity index (χ0) is 23.4. The molecule has 0 saturated carbocycles. The highest BCUT2D eigenvalue weighted by molar-refractivity contribution is 7.21. The minimum absolute atomic E-state index is 0.0207. The summed E-state index contributed by atoms with van der Waals surface area (Å²) in [5, 5.41) is 10.9. The number of hydrogen-bond donors (Lipinski definition) is 2. The van der Waals surface area contributed by atoms with Crippen LogP contribution in [0.5, 0.6) is 0 Å². The highest BCUT2D eigenvalue weighted by Crippen LogP contribution is 2.44. The number of pyridine rings is 1. The SMILES string of the molecule is Cc1c(-c2cc(C(F)(F)F)nc3sc(C(N)=O)c(NC(=O)c4ccn(C)n4)c23)cnn1C. The lowest BCUT2D eigenvalue weighted by Crippen LogP contribution is -2.17. The summed E-state index contributed by atoms with van der Waals surface area (Å²) < 4.78 is 43.6. The van der Waals surface area contributed by atoms with Gasteiger partial charge < -0.3 is 11.1 Å². The molecule has 0 aliphatic carbocycles. The van der Waals surface area contributed by atoms with Gasteiger partial charge in [0, 0.05) is 36.9 Å². The van der Waals surface area contributed by atoms with E-state index in [4.69, 9.17) is 5.73 Å². The number of carbonyl (C=O) groups is 2. The number of thiophene rings is 1. The third kappa shape index (κ3) is 3.60. The monoisotopic (exact) mass is 463 g/mol. The van der Waals surface area contributed by atoms with Crippen LogP contribution in [0.25, 0.3) is 21.3 Å². The van der Waals surface area contributed by atoms with Crippen molar-refractivity contribution in [1.29, 1.82) is 0 Å². The Hall–Kier alpha value is -3.74. The summed E-state index contributed by atoms with van der Waals surface area (Å²) >= 11 is 0.673. The Kier molecular flexibility index (Phi) is 5.00. The van der Waals surface area contributed by atoms with Crippen molar-refractivity contribution < 1.29 is 22.8 Å². The molecule has 0 bridgehead atoms. The van der Waals surface area contributed by atoms with Gasteiger partial charge in [0.2, 0.25) is 0 Å². The molecule has 0 aliphatic heterocycles. The van der Waals surface area contributed by atoms with Crippen LogP contribution in [0.3, 0.4) is 0 Å². The Labute approximate surface area is 182 Å². The van der Waals surface area contributed by atoms with Gasteiger partial charge in [-0.3, -0.25) is 19.0 Å². The zero-order valence-corrected chi connectivity index (χ0v) is 17.8. The molecule has 0 aromatic carbocycles. The van der Waals surface area contributed by atoms with E-state index in [1.807, 2.05) is 0 Å². The maximum Gasteiger partial charge on any atom is 0.433 e. The molecule has 4 rings (SSSR count). The van der Waals surface area contributed by atoms with Gasteiger partial charge in [-0.15, -0.1) is 11.3 Å². The standard InChI is InChI=1S/C19H16F3N7O2S/c1-8-10(7-24-29(8)3)9-6-12(19(20,21)22)25-18-13(9)14(15(32-18)16(23)30)26-17(31)11-4-5-28(2)27-11/h4-7H,1-3H3,(H2,23,30)(H,26,31). The number of anilines is 1. The highest BCUT2D eigenvalue weighted by atomic mass is 32.1. The van der Waals surface area contributed by atoms with E-state index in [2.05, 4.69) is 20.5 Å². The van der Waals surface area contributed by atoms with Gasteiger partial charge in [0.15, 0.2) is 5.69 Å². The van der Waals surface area contributed by atoms with E-state index in [0.29, 0.717) is 22.6 Å². The van der Waals surface area contributed by atoms with Crippen LogP contribution in [0, 0.1) is 6.92 Å². The van der Waals surface area contributed by atoms with Crippen LogP contribution in [0.4, 0.5) is 18.9 Å². The smallest absolute Gasteiger partial charge is 0.365 e. The molecule has 4 heterocycles. The van der Waals surface area contributed by atoms with Crippen molar-refractivity contribution in [3.63, 3.8) is 0 Å². The summed E-state index contributed by atoms with van der Waals surface area (Å²) in [4.78, 5) is 28.3. The van der Waals surface area contributed by atoms with E-state index < -0.39 is 23.7 Å². The summed E-state index contributed by atoms with van der Waals surface area (Å²) in [6.45, 7) is 1.69. The lowest BCUT2D eigenvalue weighted by molar-refractivity contribution is -0.140. The summed E-state index contributed by atoms with van der Waals surface area (Å²) in [5.74, 6) is -1.56. The molecule has 9 nitrogen and oxygen atoms in total. The zero-order valence-electron chi connectivity index (χ0n) is 17.0. The molecule has 0 fully saturated rings. The first-order chi connectivity index (χ1) is 15.0. The number of alkyl halides is 3. The van der Waals surface area contributed by atoms with Crippen LogP contribution in [0.15, 0.2) is 24.5 Å². The second-order valence-corrected chi connectivity index (χ2v) is 8.00. The van der Waals surface area contributed by atoms with Gasteiger partial charge in [0.25, 0.3) is 11.8 Å². The van der Waals surface area contributed by atoms with Crippen molar-refractivity contribution >= 4 is 39.1 Å².